The van der Waals surface area contributed by atoms with Crippen molar-refractivity contribution in [3.63, 3.8) is 0 Å². The van der Waals surface area contributed by atoms with Crippen LogP contribution in [0.2, 0.25) is 0 Å². The van der Waals surface area contributed by atoms with Crippen LogP contribution in [0.5, 0.6) is 0 Å². The second-order valence-corrected chi connectivity index (χ2v) is 5.40. The number of nitrogens with zero attached hydrogens (tertiary/aromatic N) is 2. The molecule has 0 amide bonds. The number of carbonyl (C=O) groups is 2. The molecule has 19 heavy (non-hydrogen) atoms. The second kappa shape index (κ2) is 5.80. The van der Waals surface area contributed by atoms with E-state index in [-0.39, 0.29) is 11.4 Å². The second-order valence-electron chi connectivity index (χ2n) is 3.74. The molecule has 3 N–H and O–H groups in total. The number of hydrogen-bond acceptors (Lipinski definition) is 5. The first kappa shape index (κ1) is 15.1. The monoisotopic (exact) mass is 291 g/mol. The zero-order valence-electron chi connectivity index (χ0n) is 9.98. The number of nitrogens with one attached hydrogen (secondary N) is 1. The maximum atomic E-state index is 11.9. The predicted octanol–water partition coefficient (Wildman–Crippen LogP) is -0.984. The fourth-order valence-electron chi connectivity index (χ4n) is 1.37. The Labute approximate surface area is 108 Å². The number of carboxylic acids is 2. The van der Waals surface area contributed by atoms with E-state index in [1.807, 2.05) is 4.72 Å². The van der Waals surface area contributed by atoms with Gasteiger partial charge in [-0.15, -0.1) is 0 Å². The number of sulfonamides is 1. The zero-order chi connectivity index (χ0) is 14.6. The van der Waals surface area contributed by atoms with Gasteiger partial charge in [0.15, 0.2) is 5.03 Å². The van der Waals surface area contributed by atoms with Gasteiger partial charge in [-0.2, -0.15) is 9.82 Å². The van der Waals surface area contributed by atoms with Gasteiger partial charge in [-0.1, -0.05) is 0 Å². The molecule has 10 heteroatoms. The normalized spacial score (nSPS) is 13.1. The first-order valence-electron chi connectivity index (χ1n) is 5.19. The lowest BCUT2D eigenvalue weighted by Crippen LogP contribution is -2.41. The summed E-state index contributed by atoms with van der Waals surface area (Å²) in [6, 6.07) is -0.297. The summed E-state index contributed by atoms with van der Waals surface area (Å²) >= 11 is 0. The lowest BCUT2D eigenvalue weighted by molar-refractivity contribution is -0.140. The molecule has 0 fully saturated rings. The van der Waals surface area contributed by atoms with Crippen LogP contribution in [0.15, 0.2) is 17.3 Å². The molecule has 0 radical (unpaired) electrons. The first-order valence-corrected chi connectivity index (χ1v) is 6.67. The van der Waals surface area contributed by atoms with Crippen LogP contribution in [-0.2, 0) is 26.7 Å². The van der Waals surface area contributed by atoms with E-state index in [4.69, 9.17) is 10.2 Å². The topological polar surface area (TPSA) is 139 Å². The van der Waals surface area contributed by atoms with Gasteiger partial charge in [-0.25, -0.2) is 8.42 Å². The van der Waals surface area contributed by atoms with E-state index >= 15 is 0 Å². The fourth-order valence-corrected chi connectivity index (χ4v) is 2.72. The Morgan fingerprint density at radius 3 is 2.53 bits per heavy atom. The van der Waals surface area contributed by atoms with Crippen LogP contribution in [0.1, 0.15) is 12.8 Å². The summed E-state index contributed by atoms with van der Waals surface area (Å²) in [4.78, 5) is 21.3. The highest BCUT2D eigenvalue weighted by atomic mass is 32.2. The minimum atomic E-state index is -4.06. The van der Waals surface area contributed by atoms with Gasteiger partial charge in [0, 0.05) is 13.5 Å². The number of aryl methyl sites for hydroxylation is 1. The van der Waals surface area contributed by atoms with E-state index in [9.17, 15) is 18.0 Å². The summed E-state index contributed by atoms with van der Waals surface area (Å²) in [7, 11) is -2.67. The fraction of sp³-hybridized carbons (Fsp3) is 0.444. The maximum absolute atomic E-state index is 11.9. The van der Waals surface area contributed by atoms with Gasteiger partial charge in [0.2, 0.25) is 0 Å². The minimum Gasteiger partial charge on any atom is -0.481 e. The van der Waals surface area contributed by atoms with Gasteiger partial charge >= 0.3 is 11.9 Å². The molecule has 0 aliphatic carbocycles. The highest BCUT2D eigenvalue weighted by Crippen LogP contribution is 2.09. The molecule has 1 rings (SSSR count). The average Bonchev–Trinajstić information content (AvgIpc) is 2.70. The lowest BCUT2D eigenvalue weighted by Gasteiger charge is -2.13. The third-order valence-corrected chi connectivity index (χ3v) is 3.84. The zero-order valence-corrected chi connectivity index (χ0v) is 10.8. The van der Waals surface area contributed by atoms with Crippen LogP contribution in [-0.4, -0.2) is 46.4 Å². The SMILES string of the molecule is Cn1nccc1S(=O)(=O)N[C@@H](CCC(=O)O)C(=O)O. The first-order chi connectivity index (χ1) is 8.74. The van der Waals surface area contributed by atoms with Crippen LogP contribution < -0.4 is 4.72 Å². The van der Waals surface area contributed by atoms with Crippen LogP contribution >= 0.6 is 0 Å². The smallest absolute Gasteiger partial charge is 0.321 e. The highest BCUT2D eigenvalue weighted by Gasteiger charge is 2.27. The van der Waals surface area contributed by atoms with Crippen molar-refractivity contribution < 1.29 is 28.2 Å². The van der Waals surface area contributed by atoms with Crippen LogP contribution in [0, 0.1) is 0 Å². The molecule has 1 aromatic rings. The van der Waals surface area contributed by atoms with Crippen molar-refractivity contribution in [1.82, 2.24) is 14.5 Å². The number of aromatic nitrogens is 2. The summed E-state index contributed by atoms with van der Waals surface area (Å²) in [6.07, 6.45) is 0.453. The quantitative estimate of drug-likeness (QED) is 0.586. The van der Waals surface area contributed by atoms with E-state index in [0.29, 0.717) is 0 Å². The Morgan fingerprint density at radius 1 is 1.47 bits per heavy atom. The number of aliphatic carboxylic acids is 2. The van der Waals surface area contributed by atoms with Crippen molar-refractivity contribution in [3.05, 3.63) is 12.3 Å². The van der Waals surface area contributed by atoms with Gasteiger partial charge in [-0.05, 0) is 12.5 Å². The van der Waals surface area contributed by atoms with Crippen molar-refractivity contribution in [2.75, 3.05) is 0 Å². The van der Waals surface area contributed by atoms with Crippen molar-refractivity contribution in [2.45, 2.75) is 23.9 Å². The van der Waals surface area contributed by atoms with Crippen molar-refractivity contribution >= 4 is 22.0 Å². The summed E-state index contributed by atoms with van der Waals surface area (Å²) in [5.41, 5.74) is 0. The number of rotatable bonds is 7. The Morgan fingerprint density at radius 2 is 2.11 bits per heavy atom. The van der Waals surface area contributed by atoms with E-state index < -0.39 is 34.4 Å². The van der Waals surface area contributed by atoms with Crippen LogP contribution in [0.25, 0.3) is 0 Å². The molecule has 0 bridgehead atoms. The predicted molar refractivity (Wildman–Crippen MR) is 61.8 cm³/mol. The third kappa shape index (κ3) is 4.03. The third-order valence-electron chi connectivity index (χ3n) is 2.29. The molecule has 0 saturated heterocycles. The highest BCUT2D eigenvalue weighted by molar-refractivity contribution is 7.89. The molecular formula is C9H13N3O6S. The van der Waals surface area contributed by atoms with Crippen molar-refractivity contribution in [3.8, 4) is 0 Å². The van der Waals surface area contributed by atoms with E-state index in [1.165, 1.54) is 19.3 Å². The van der Waals surface area contributed by atoms with E-state index in [1.54, 1.807) is 0 Å². The standard InChI is InChI=1S/C9H13N3O6S/c1-12-7(4-5-10-12)19(17,18)11-6(9(15)16)2-3-8(13)14/h4-6,11H,2-3H2,1H3,(H,13,14)(H,15,16)/t6-/m0/s1. The molecule has 0 aromatic carbocycles. The average molecular weight is 291 g/mol. The molecule has 0 unspecified atom stereocenters. The van der Waals surface area contributed by atoms with Crippen LogP contribution in [0.4, 0.5) is 0 Å². The molecule has 1 atom stereocenters. The minimum absolute atomic E-state index is 0.200. The van der Waals surface area contributed by atoms with Gasteiger partial charge in [0.25, 0.3) is 10.0 Å². The summed E-state index contributed by atoms with van der Waals surface area (Å²) < 4.78 is 26.8. The summed E-state index contributed by atoms with van der Waals surface area (Å²) in [5, 5.41) is 20.8. The van der Waals surface area contributed by atoms with Crippen molar-refractivity contribution in [1.29, 1.82) is 0 Å². The number of hydrogen-bond donors (Lipinski definition) is 3. The summed E-state index contributed by atoms with van der Waals surface area (Å²) in [5.74, 6) is -2.64. The molecule has 1 aromatic heterocycles. The summed E-state index contributed by atoms with van der Waals surface area (Å²) in [6.45, 7) is 0. The van der Waals surface area contributed by atoms with E-state index in [2.05, 4.69) is 5.10 Å². The van der Waals surface area contributed by atoms with Gasteiger partial charge in [-0.3, -0.25) is 14.3 Å². The molecule has 0 aliphatic rings. The molecule has 0 saturated carbocycles. The largest absolute Gasteiger partial charge is 0.481 e. The van der Waals surface area contributed by atoms with Crippen LogP contribution in [0.3, 0.4) is 0 Å². The Bertz CT molecular complexity index is 579. The van der Waals surface area contributed by atoms with Gasteiger partial charge in [0.05, 0.1) is 6.20 Å². The molecule has 0 aliphatic heterocycles. The lowest BCUT2D eigenvalue weighted by atomic mass is 10.2. The Balaban J connectivity index is 2.87. The number of carboxylic acid groups (broad SMARTS) is 2. The molecule has 1 heterocycles. The maximum Gasteiger partial charge on any atom is 0.321 e. The van der Waals surface area contributed by atoms with Gasteiger partial charge in [0.1, 0.15) is 6.04 Å². The van der Waals surface area contributed by atoms with Crippen molar-refractivity contribution in [2.24, 2.45) is 7.05 Å². The van der Waals surface area contributed by atoms with Gasteiger partial charge < -0.3 is 10.2 Å². The molecular weight excluding hydrogens is 278 g/mol. The molecule has 106 valence electrons. The molecule has 0 spiro atoms. The van der Waals surface area contributed by atoms with E-state index in [0.717, 1.165) is 4.68 Å². The molecule has 9 nitrogen and oxygen atoms in total. The Kier molecular flexibility index (Phi) is 4.62. The Hall–Kier alpha value is -1.94.